The molecular formula is C14H15ClFN3O5S. The van der Waals surface area contributed by atoms with E-state index in [1.165, 1.54) is 18.2 Å². The number of nitrogens with two attached hydrogens (primary N) is 1. The average molecular weight is 392 g/mol. The first-order valence-electron chi connectivity index (χ1n) is 6.95. The fraction of sp³-hybridized carbons (Fsp3) is 0.214. The lowest BCUT2D eigenvalue weighted by Gasteiger charge is -2.18. The second kappa shape index (κ2) is 6.90. The highest BCUT2D eigenvalue weighted by molar-refractivity contribution is 7.92. The molecule has 4 N–H and O–H groups in total. The van der Waals surface area contributed by atoms with Gasteiger partial charge in [0.1, 0.15) is 30.3 Å². The van der Waals surface area contributed by atoms with Crippen molar-refractivity contribution in [2.75, 3.05) is 24.0 Å². The minimum absolute atomic E-state index is 0. The zero-order valence-corrected chi connectivity index (χ0v) is 14.4. The molecule has 2 aromatic carbocycles. The molecule has 1 aliphatic rings. The van der Waals surface area contributed by atoms with Crippen LogP contribution in [-0.4, -0.2) is 39.1 Å². The molecule has 0 bridgehead atoms. The number of amides is 1. The van der Waals surface area contributed by atoms with Gasteiger partial charge >= 0.3 is 10.2 Å². The number of aromatic hydroxyl groups is 1. The average Bonchev–Trinajstić information content (AvgIpc) is 2.78. The lowest BCUT2D eigenvalue weighted by molar-refractivity contribution is -0.117. The highest BCUT2D eigenvalue weighted by Crippen LogP contribution is 2.39. The van der Waals surface area contributed by atoms with Gasteiger partial charge in [-0.15, -0.1) is 12.4 Å². The number of anilines is 1. The van der Waals surface area contributed by atoms with Gasteiger partial charge in [0, 0.05) is 11.9 Å². The van der Waals surface area contributed by atoms with Crippen LogP contribution in [0, 0.1) is 5.82 Å². The van der Waals surface area contributed by atoms with Crippen LogP contribution in [0.1, 0.15) is 0 Å². The van der Waals surface area contributed by atoms with Crippen molar-refractivity contribution in [1.82, 2.24) is 4.72 Å². The number of benzene rings is 2. The standard InChI is InChI=1S/C14H14FN3O5S.ClH/c15-13-10-6-9(23-4-3-16)2-1-8(10)5-11(19)14(13)18-7-12(20)17-24(18,21)22;/h1-2,5-6,19H,3-4,7,16H2,(H,17,20);1H. The molecule has 0 unspecified atom stereocenters. The number of hydrogen-bond donors (Lipinski definition) is 3. The van der Waals surface area contributed by atoms with Crippen molar-refractivity contribution in [3.05, 3.63) is 30.1 Å². The van der Waals surface area contributed by atoms with E-state index in [1.807, 2.05) is 0 Å². The van der Waals surface area contributed by atoms with Gasteiger partial charge < -0.3 is 15.6 Å². The van der Waals surface area contributed by atoms with E-state index < -0.39 is 39.9 Å². The van der Waals surface area contributed by atoms with E-state index in [4.69, 9.17) is 10.5 Å². The van der Waals surface area contributed by atoms with E-state index in [0.717, 1.165) is 0 Å². The maximum Gasteiger partial charge on any atom is 0.326 e. The molecule has 1 amide bonds. The van der Waals surface area contributed by atoms with Crippen molar-refractivity contribution in [1.29, 1.82) is 0 Å². The Morgan fingerprint density at radius 1 is 1.36 bits per heavy atom. The molecule has 1 fully saturated rings. The molecule has 0 aromatic heterocycles. The first-order valence-corrected chi connectivity index (χ1v) is 8.39. The van der Waals surface area contributed by atoms with Crippen LogP contribution in [-0.2, 0) is 15.0 Å². The maximum absolute atomic E-state index is 14.9. The number of nitrogens with one attached hydrogen (secondary N) is 1. The molecule has 1 heterocycles. The Labute approximate surface area is 149 Å². The van der Waals surface area contributed by atoms with Gasteiger partial charge in [0.25, 0.3) is 5.91 Å². The molecule has 11 heteroatoms. The van der Waals surface area contributed by atoms with E-state index in [1.54, 1.807) is 10.8 Å². The Kier molecular flexibility index (Phi) is 5.26. The van der Waals surface area contributed by atoms with E-state index in [0.29, 0.717) is 15.4 Å². The molecule has 0 atom stereocenters. The molecule has 0 spiro atoms. The zero-order valence-electron chi connectivity index (χ0n) is 12.7. The van der Waals surface area contributed by atoms with Crippen LogP contribution in [0.5, 0.6) is 11.5 Å². The Morgan fingerprint density at radius 2 is 2.08 bits per heavy atom. The molecule has 25 heavy (non-hydrogen) atoms. The normalized spacial score (nSPS) is 15.8. The summed E-state index contributed by atoms with van der Waals surface area (Å²) in [6.45, 7) is -0.0974. The van der Waals surface area contributed by atoms with Crippen molar-refractivity contribution >= 4 is 45.0 Å². The van der Waals surface area contributed by atoms with Crippen LogP contribution in [0.25, 0.3) is 10.8 Å². The number of halogens is 2. The monoisotopic (exact) mass is 391 g/mol. The third kappa shape index (κ3) is 3.41. The molecule has 1 aliphatic heterocycles. The molecule has 0 saturated carbocycles. The van der Waals surface area contributed by atoms with E-state index in [9.17, 15) is 22.7 Å². The number of fused-ring (bicyclic) bond motifs is 1. The van der Waals surface area contributed by atoms with E-state index in [-0.39, 0.29) is 30.9 Å². The summed E-state index contributed by atoms with van der Waals surface area (Å²) in [4.78, 5) is 11.3. The lowest BCUT2D eigenvalue weighted by atomic mass is 10.1. The van der Waals surface area contributed by atoms with Gasteiger partial charge in [0.05, 0.1) is 0 Å². The number of nitrogens with zero attached hydrogens (tertiary/aromatic N) is 1. The second-order valence-corrected chi connectivity index (χ2v) is 6.71. The predicted octanol–water partition coefficient (Wildman–Crippen LogP) is 0.625. The van der Waals surface area contributed by atoms with Gasteiger partial charge in [-0.25, -0.2) is 13.4 Å². The summed E-state index contributed by atoms with van der Waals surface area (Å²) in [6.07, 6.45) is 0. The smallest absolute Gasteiger partial charge is 0.326 e. The fourth-order valence-electron chi connectivity index (χ4n) is 2.46. The second-order valence-electron chi connectivity index (χ2n) is 5.12. The van der Waals surface area contributed by atoms with Crippen LogP contribution in [0.2, 0.25) is 0 Å². The number of phenolic OH excluding ortho intramolecular Hbond substituents is 1. The number of carbonyl (C=O) groups excluding carboxylic acids is 1. The molecule has 1 saturated heterocycles. The van der Waals surface area contributed by atoms with Crippen molar-refractivity contribution in [2.45, 2.75) is 0 Å². The quantitative estimate of drug-likeness (QED) is 0.702. The number of carbonyl (C=O) groups is 1. The predicted molar refractivity (Wildman–Crippen MR) is 91.8 cm³/mol. The highest BCUT2D eigenvalue weighted by Gasteiger charge is 2.37. The summed E-state index contributed by atoms with van der Waals surface area (Å²) in [7, 11) is -4.24. The van der Waals surface area contributed by atoms with Gasteiger partial charge in [0.2, 0.25) is 0 Å². The van der Waals surface area contributed by atoms with Crippen LogP contribution < -0.4 is 19.5 Å². The summed E-state index contributed by atoms with van der Waals surface area (Å²) >= 11 is 0. The minimum Gasteiger partial charge on any atom is -0.506 e. The van der Waals surface area contributed by atoms with E-state index >= 15 is 0 Å². The van der Waals surface area contributed by atoms with Crippen LogP contribution in [0.3, 0.4) is 0 Å². The third-order valence-electron chi connectivity index (χ3n) is 3.46. The van der Waals surface area contributed by atoms with Gasteiger partial charge in [0.15, 0.2) is 5.82 Å². The first-order chi connectivity index (χ1) is 11.3. The Hall–Kier alpha value is -2.30. The number of hydrogen-bond acceptors (Lipinski definition) is 6. The maximum atomic E-state index is 14.9. The zero-order chi connectivity index (χ0) is 17.5. The summed E-state index contributed by atoms with van der Waals surface area (Å²) in [5.74, 6) is -2.02. The van der Waals surface area contributed by atoms with E-state index in [2.05, 4.69) is 0 Å². The van der Waals surface area contributed by atoms with Crippen molar-refractivity contribution in [3.8, 4) is 11.5 Å². The van der Waals surface area contributed by atoms with Gasteiger partial charge in [-0.05, 0) is 23.6 Å². The fourth-order valence-corrected chi connectivity index (χ4v) is 3.62. The first kappa shape index (κ1) is 19.0. The van der Waals surface area contributed by atoms with Crippen LogP contribution in [0.15, 0.2) is 24.3 Å². The number of ether oxygens (including phenoxy) is 1. The molecular weight excluding hydrogens is 377 g/mol. The SMILES string of the molecule is Cl.NCCOc1ccc2cc(O)c(N3CC(=O)NS3(=O)=O)c(F)c2c1. The lowest BCUT2D eigenvalue weighted by Crippen LogP contribution is -2.30. The Balaban J connectivity index is 0.00000225. The largest absolute Gasteiger partial charge is 0.506 e. The van der Waals surface area contributed by atoms with Crippen molar-refractivity contribution < 1.29 is 27.4 Å². The summed E-state index contributed by atoms with van der Waals surface area (Å²) < 4.78 is 46.2. The van der Waals surface area contributed by atoms with Gasteiger partial charge in [-0.2, -0.15) is 8.42 Å². The van der Waals surface area contributed by atoms with Crippen molar-refractivity contribution in [3.63, 3.8) is 0 Å². The summed E-state index contributed by atoms with van der Waals surface area (Å²) in [6, 6.07) is 5.70. The van der Waals surface area contributed by atoms with Gasteiger partial charge in [-0.1, -0.05) is 6.07 Å². The van der Waals surface area contributed by atoms with Crippen LogP contribution >= 0.6 is 12.4 Å². The summed E-state index contributed by atoms with van der Waals surface area (Å²) in [5.41, 5.74) is 4.76. The van der Waals surface area contributed by atoms with Crippen LogP contribution in [0.4, 0.5) is 10.1 Å². The topological polar surface area (TPSA) is 122 Å². The Morgan fingerprint density at radius 3 is 2.68 bits per heavy atom. The molecule has 136 valence electrons. The molecule has 0 aliphatic carbocycles. The minimum atomic E-state index is -4.24. The molecule has 0 radical (unpaired) electrons. The Bertz CT molecular complexity index is 938. The number of rotatable bonds is 4. The number of phenols is 1. The summed E-state index contributed by atoms with van der Waals surface area (Å²) in [5, 5.41) is 10.4. The third-order valence-corrected chi connectivity index (χ3v) is 4.84. The molecule has 3 rings (SSSR count). The molecule has 8 nitrogen and oxygen atoms in total. The highest BCUT2D eigenvalue weighted by atomic mass is 35.5. The van der Waals surface area contributed by atoms with Gasteiger partial charge in [-0.3, -0.25) is 4.79 Å². The molecule has 2 aromatic rings. The van der Waals surface area contributed by atoms with Crippen molar-refractivity contribution in [2.24, 2.45) is 5.73 Å².